The molecule has 0 aromatic carbocycles. The molecule has 1 unspecified atom stereocenters. The summed E-state index contributed by atoms with van der Waals surface area (Å²) < 4.78 is 0. The lowest BCUT2D eigenvalue weighted by molar-refractivity contribution is 0.312. The number of aromatic amines is 1. The Bertz CT molecular complexity index is 328. The SMILES string of the molecule is c1nc2c([nH]1)CCNC21CCCSC1. The summed E-state index contributed by atoms with van der Waals surface area (Å²) in [6.45, 7) is 1.09. The molecular formula is C10H15N3S. The van der Waals surface area contributed by atoms with E-state index in [4.69, 9.17) is 0 Å². The molecule has 2 N–H and O–H groups in total. The van der Waals surface area contributed by atoms with Gasteiger partial charge in [-0.1, -0.05) is 0 Å². The van der Waals surface area contributed by atoms with Crippen LogP contribution < -0.4 is 5.32 Å². The van der Waals surface area contributed by atoms with Crippen molar-refractivity contribution in [2.24, 2.45) is 0 Å². The Morgan fingerprint density at radius 1 is 1.50 bits per heavy atom. The molecular weight excluding hydrogens is 194 g/mol. The highest BCUT2D eigenvalue weighted by Crippen LogP contribution is 2.37. The Labute approximate surface area is 88.1 Å². The van der Waals surface area contributed by atoms with E-state index in [1.165, 1.54) is 35.7 Å². The predicted molar refractivity (Wildman–Crippen MR) is 58.5 cm³/mol. The lowest BCUT2D eigenvalue weighted by Crippen LogP contribution is -2.50. The monoisotopic (exact) mass is 209 g/mol. The number of imidazole rings is 1. The van der Waals surface area contributed by atoms with Gasteiger partial charge < -0.3 is 10.3 Å². The minimum atomic E-state index is 0.191. The van der Waals surface area contributed by atoms with Crippen LogP contribution in [-0.2, 0) is 12.0 Å². The van der Waals surface area contributed by atoms with Crippen molar-refractivity contribution in [3.63, 3.8) is 0 Å². The molecule has 1 aromatic rings. The average molecular weight is 209 g/mol. The Kier molecular flexibility index (Phi) is 2.06. The van der Waals surface area contributed by atoms with Gasteiger partial charge in [0.2, 0.25) is 0 Å². The molecule has 0 saturated carbocycles. The predicted octanol–water partition coefficient (Wildman–Crippen LogP) is 1.28. The number of nitrogens with zero attached hydrogens (tertiary/aromatic N) is 1. The number of thioether (sulfide) groups is 1. The van der Waals surface area contributed by atoms with Gasteiger partial charge in [-0.25, -0.2) is 4.98 Å². The summed E-state index contributed by atoms with van der Waals surface area (Å²) in [5, 5.41) is 3.67. The number of H-pyrrole nitrogens is 1. The van der Waals surface area contributed by atoms with E-state index in [-0.39, 0.29) is 5.54 Å². The first kappa shape index (κ1) is 8.80. The third-order valence-corrected chi connectivity index (χ3v) is 4.52. The Hall–Kier alpha value is -0.480. The molecule has 3 nitrogen and oxygen atoms in total. The second-order valence-corrected chi connectivity index (χ2v) is 5.25. The molecule has 1 saturated heterocycles. The standard InChI is InChI=1S/C10H15N3S/c1-3-10(6-14-5-1)9-8(2-4-13-10)11-7-12-9/h7,13H,1-6H2,(H,11,12). The molecule has 3 heterocycles. The summed E-state index contributed by atoms with van der Waals surface area (Å²) in [4.78, 5) is 7.77. The van der Waals surface area contributed by atoms with Gasteiger partial charge in [-0.05, 0) is 18.6 Å². The number of aromatic nitrogens is 2. The van der Waals surface area contributed by atoms with E-state index in [1.54, 1.807) is 0 Å². The highest BCUT2D eigenvalue weighted by atomic mass is 32.2. The van der Waals surface area contributed by atoms with Crippen molar-refractivity contribution in [1.29, 1.82) is 0 Å². The maximum Gasteiger partial charge on any atom is 0.0926 e. The highest BCUT2D eigenvalue weighted by Gasteiger charge is 2.39. The molecule has 14 heavy (non-hydrogen) atoms. The van der Waals surface area contributed by atoms with Crippen LogP contribution in [0, 0.1) is 0 Å². The van der Waals surface area contributed by atoms with Crippen molar-refractivity contribution in [1.82, 2.24) is 15.3 Å². The maximum absolute atomic E-state index is 4.50. The van der Waals surface area contributed by atoms with Crippen LogP contribution in [0.4, 0.5) is 0 Å². The first-order valence-corrected chi connectivity index (χ1v) is 6.42. The fourth-order valence-corrected chi connectivity index (χ4v) is 3.78. The summed E-state index contributed by atoms with van der Waals surface area (Å²) in [6, 6.07) is 0. The molecule has 0 aliphatic carbocycles. The number of hydrogen-bond acceptors (Lipinski definition) is 3. The third kappa shape index (κ3) is 1.21. The van der Waals surface area contributed by atoms with Gasteiger partial charge in [-0.15, -0.1) is 0 Å². The van der Waals surface area contributed by atoms with Crippen molar-refractivity contribution in [2.75, 3.05) is 18.1 Å². The van der Waals surface area contributed by atoms with Gasteiger partial charge in [0.25, 0.3) is 0 Å². The van der Waals surface area contributed by atoms with Gasteiger partial charge in [-0.2, -0.15) is 11.8 Å². The summed E-state index contributed by atoms with van der Waals surface area (Å²) in [7, 11) is 0. The first-order chi connectivity index (χ1) is 6.91. The number of nitrogens with one attached hydrogen (secondary N) is 2. The molecule has 1 aromatic heterocycles. The molecule has 0 amide bonds. The largest absolute Gasteiger partial charge is 0.348 e. The van der Waals surface area contributed by atoms with Crippen LogP contribution in [-0.4, -0.2) is 28.0 Å². The van der Waals surface area contributed by atoms with E-state index in [1.807, 2.05) is 6.33 Å². The minimum Gasteiger partial charge on any atom is -0.348 e. The molecule has 1 spiro atoms. The molecule has 0 radical (unpaired) electrons. The Morgan fingerprint density at radius 3 is 3.36 bits per heavy atom. The zero-order valence-electron chi connectivity index (χ0n) is 8.18. The molecule has 1 fully saturated rings. The van der Waals surface area contributed by atoms with Crippen molar-refractivity contribution in [2.45, 2.75) is 24.8 Å². The van der Waals surface area contributed by atoms with E-state index < -0.39 is 0 Å². The Balaban J connectivity index is 2.01. The van der Waals surface area contributed by atoms with Gasteiger partial charge in [0, 0.05) is 24.4 Å². The van der Waals surface area contributed by atoms with Crippen molar-refractivity contribution >= 4 is 11.8 Å². The molecule has 0 bridgehead atoms. The van der Waals surface area contributed by atoms with Crippen LogP contribution in [0.1, 0.15) is 24.2 Å². The van der Waals surface area contributed by atoms with Crippen LogP contribution in [0.15, 0.2) is 6.33 Å². The number of hydrogen-bond donors (Lipinski definition) is 2. The van der Waals surface area contributed by atoms with Crippen molar-refractivity contribution < 1.29 is 0 Å². The normalized spacial score (nSPS) is 31.7. The molecule has 4 heteroatoms. The van der Waals surface area contributed by atoms with Crippen LogP contribution in [0.2, 0.25) is 0 Å². The maximum atomic E-state index is 4.50. The number of fused-ring (bicyclic) bond motifs is 2. The fraction of sp³-hybridized carbons (Fsp3) is 0.700. The smallest absolute Gasteiger partial charge is 0.0926 e. The molecule has 2 aliphatic rings. The zero-order valence-corrected chi connectivity index (χ0v) is 8.99. The Morgan fingerprint density at radius 2 is 2.50 bits per heavy atom. The topological polar surface area (TPSA) is 40.7 Å². The van der Waals surface area contributed by atoms with Crippen molar-refractivity contribution in [3.8, 4) is 0 Å². The summed E-state index contributed by atoms with van der Waals surface area (Å²) in [5.74, 6) is 2.49. The van der Waals surface area contributed by atoms with Gasteiger partial charge in [-0.3, -0.25) is 0 Å². The van der Waals surface area contributed by atoms with E-state index in [0.29, 0.717) is 0 Å². The van der Waals surface area contributed by atoms with E-state index >= 15 is 0 Å². The zero-order chi connectivity index (χ0) is 9.43. The first-order valence-electron chi connectivity index (χ1n) is 5.26. The van der Waals surface area contributed by atoms with Gasteiger partial charge in [0.1, 0.15) is 0 Å². The second kappa shape index (κ2) is 3.28. The van der Waals surface area contributed by atoms with Crippen molar-refractivity contribution in [3.05, 3.63) is 17.7 Å². The third-order valence-electron chi connectivity index (χ3n) is 3.25. The van der Waals surface area contributed by atoms with E-state index in [2.05, 4.69) is 27.0 Å². The number of rotatable bonds is 0. The summed E-state index contributed by atoms with van der Waals surface area (Å²) in [6.07, 6.45) is 5.50. The average Bonchev–Trinajstić information content (AvgIpc) is 2.69. The molecule has 3 rings (SSSR count). The summed E-state index contributed by atoms with van der Waals surface area (Å²) in [5.41, 5.74) is 2.83. The molecule has 2 aliphatic heterocycles. The van der Waals surface area contributed by atoms with Crippen LogP contribution in [0.3, 0.4) is 0 Å². The van der Waals surface area contributed by atoms with E-state index in [0.717, 1.165) is 13.0 Å². The van der Waals surface area contributed by atoms with Gasteiger partial charge in [0.15, 0.2) is 0 Å². The minimum absolute atomic E-state index is 0.191. The van der Waals surface area contributed by atoms with Gasteiger partial charge >= 0.3 is 0 Å². The lowest BCUT2D eigenvalue weighted by Gasteiger charge is -2.40. The van der Waals surface area contributed by atoms with Crippen LogP contribution >= 0.6 is 11.8 Å². The van der Waals surface area contributed by atoms with Crippen LogP contribution in [0.25, 0.3) is 0 Å². The molecule has 1 atom stereocenters. The quantitative estimate of drug-likeness (QED) is 0.676. The fourth-order valence-electron chi connectivity index (χ4n) is 2.56. The van der Waals surface area contributed by atoms with Crippen LogP contribution in [0.5, 0.6) is 0 Å². The lowest BCUT2D eigenvalue weighted by atomic mass is 9.87. The van der Waals surface area contributed by atoms with Gasteiger partial charge in [0.05, 0.1) is 17.6 Å². The molecule has 76 valence electrons. The second-order valence-electron chi connectivity index (χ2n) is 4.14. The highest BCUT2D eigenvalue weighted by molar-refractivity contribution is 7.99. The summed E-state index contributed by atoms with van der Waals surface area (Å²) >= 11 is 2.05. The van der Waals surface area contributed by atoms with E-state index in [9.17, 15) is 0 Å².